The first-order chi connectivity index (χ1) is 29.2. The normalized spacial score (nSPS) is 22.2. The fourth-order valence-corrected chi connectivity index (χ4v) is 9.48. The maximum Gasteiger partial charge on any atom is 0.192 e. The van der Waals surface area contributed by atoms with Gasteiger partial charge < -0.3 is 35.5 Å². The molecule has 5 unspecified atom stereocenters. The summed E-state index contributed by atoms with van der Waals surface area (Å²) in [4.78, 5) is 17.8. The van der Waals surface area contributed by atoms with Crippen molar-refractivity contribution < 1.29 is 29.2 Å². The topological polar surface area (TPSA) is 136 Å². The molecule has 2 aliphatic heterocycles. The molecule has 0 saturated carbocycles. The molecule has 0 radical (unpaired) electrons. The van der Waals surface area contributed by atoms with Gasteiger partial charge in [-0.15, -0.1) is 0 Å². The fourth-order valence-electron chi connectivity index (χ4n) is 9.48. The summed E-state index contributed by atoms with van der Waals surface area (Å²) in [5, 5.41) is 27.7. The lowest BCUT2D eigenvalue weighted by atomic mass is 9.74. The van der Waals surface area contributed by atoms with E-state index in [1.54, 1.807) is 20.2 Å². The molecule has 310 valence electrons. The summed E-state index contributed by atoms with van der Waals surface area (Å²) in [5.41, 5.74) is 14.3. The van der Waals surface area contributed by atoms with Crippen molar-refractivity contribution in [3.63, 3.8) is 0 Å². The number of carbonyl (C=O) groups excluding carboxylic acids is 1. The first-order valence-electron chi connectivity index (χ1n) is 21.3. The Kier molecular flexibility index (Phi) is 12.2. The highest BCUT2D eigenvalue weighted by Gasteiger charge is 2.31. The van der Waals surface area contributed by atoms with Gasteiger partial charge in [0.2, 0.25) is 0 Å². The number of aliphatic hydroxyl groups excluding tert-OH is 1. The van der Waals surface area contributed by atoms with Gasteiger partial charge in [-0.05, 0) is 143 Å². The number of methoxy groups -OCH3 is 1. The van der Waals surface area contributed by atoms with E-state index in [1.165, 1.54) is 11.1 Å². The number of rotatable bonds is 9. The number of unbranched alkanes of at least 4 members (excludes halogenated alkanes) is 1. The summed E-state index contributed by atoms with van der Waals surface area (Å²) in [7, 11) is 3.30. The molecule has 5 atom stereocenters. The van der Waals surface area contributed by atoms with E-state index >= 15 is 0 Å². The number of phenolic OH excluding ortho intramolecular Hbond substituents is 1. The zero-order valence-electron chi connectivity index (χ0n) is 34.8. The van der Waals surface area contributed by atoms with Gasteiger partial charge in [0.25, 0.3) is 0 Å². The van der Waals surface area contributed by atoms with Gasteiger partial charge >= 0.3 is 0 Å². The molecule has 0 spiro atoms. The molecule has 0 fully saturated rings. The van der Waals surface area contributed by atoms with Crippen molar-refractivity contribution in [1.82, 2.24) is 0 Å². The minimum Gasteiger partial charge on any atom is -0.508 e. The Labute approximate surface area is 353 Å². The van der Waals surface area contributed by atoms with Crippen LogP contribution in [0.2, 0.25) is 0 Å². The van der Waals surface area contributed by atoms with Gasteiger partial charge in [-0.1, -0.05) is 61.8 Å². The SMILES string of the molecule is CN=C(N)Nc1cccc(CCCCC2C=CC(O)=CC2CC2CC(=O)CCc3ccc(OC)c(c3)OCc3cc4c5c(c(O)cc6c5c3C=CC6C)C(C#CO2)CC4)c1. The standard InChI is InChI=1S/C51H55N3O6/c1-31-11-19-43-38-25-36-15-14-35(48-45(57)29-44(31)50(43)49(36)48)21-22-59-42(28-41(56)17-12-33-13-20-46(58-3)47(24-33)60-30-38)27-37-26-40(55)18-16-34(37)9-5-4-7-32-8-6-10-39(23-32)54-51(52)53-2/h6,8,10-11,13,16,18-20,23-26,29,31,34-35,37,42,55,57H,4-5,7,9,12,14-15,17,27-28,30H2,1-3H3,(H3,52,53,54). The van der Waals surface area contributed by atoms with Crippen molar-refractivity contribution in [3.05, 3.63) is 124 Å². The van der Waals surface area contributed by atoms with Crippen LogP contribution in [0.15, 0.2) is 89.7 Å². The van der Waals surface area contributed by atoms with Crippen LogP contribution in [0.25, 0.3) is 16.8 Å². The van der Waals surface area contributed by atoms with E-state index in [1.807, 2.05) is 42.5 Å². The highest BCUT2D eigenvalue weighted by molar-refractivity contribution is 6.03. The van der Waals surface area contributed by atoms with Crippen molar-refractivity contribution in [3.8, 4) is 29.3 Å². The zero-order valence-corrected chi connectivity index (χ0v) is 34.8. The van der Waals surface area contributed by atoms with Crippen LogP contribution in [0.5, 0.6) is 17.2 Å². The van der Waals surface area contributed by atoms with Gasteiger partial charge in [0, 0.05) is 37.1 Å². The summed E-state index contributed by atoms with van der Waals surface area (Å²) in [6.45, 7) is 2.51. The number of carbonyl (C=O) groups is 1. The molecule has 3 aliphatic carbocycles. The van der Waals surface area contributed by atoms with E-state index in [2.05, 4.69) is 65.7 Å². The monoisotopic (exact) mass is 805 g/mol. The molecule has 60 heavy (non-hydrogen) atoms. The third kappa shape index (κ3) is 8.89. The first-order valence-corrected chi connectivity index (χ1v) is 21.3. The van der Waals surface area contributed by atoms with Gasteiger partial charge in [-0.2, -0.15) is 0 Å². The minimum absolute atomic E-state index is 0.0349. The lowest BCUT2D eigenvalue weighted by Crippen LogP contribution is -2.24. The summed E-state index contributed by atoms with van der Waals surface area (Å²) in [6, 6.07) is 18.3. The van der Waals surface area contributed by atoms with Gasteiger partial charge in [-0.3, -0.25) is 9.79 Å². The number of aromatic hydroxyl groups is 1. The van der Waals surface area contributed by atoms with E-state index in [0.29, 0.717) is 43.3 Å². The number of allylic oxidation sites excluding steroid dienone is 4. The Morgan fingerprint density at radius 2 is 1.88 bits per heavy atom. The fraction of sp³-hybridized carbons (Fsp3) is 0.373. The number of Topliss-reactive ketones (excluding diaryl/α,β-unsaturated/α-hetero) is 1. The van der Waals surface area contributed by atoms with Crippen LogP contribution in [-0.2, 0) is 35.4 Å². The van der Waals surface area contributed by atoms with Gasteiger partial charge in [-0.25, -0.2) is 0 Å². The summed E-state index contributed by atoms with van der Waals surface area (Å²) in [6.07, 6.45) is 19.7. The zero-order chi connectivity index (χ0) is 41.8. The van der Waals surface area contributed by atoms with Gasteiger partial charge in [0.05, 0.1) is 13.0 Å². The molecule has 0 aromatic heterocycles. The molecule has 4 aromatic carbocycles. The molecule has 5 aliphatic rings. The third-order valence-electron chi connectivity index (χ3n) is 12.6. The second-order valence-electron chi connectivity index (χ2n) is 16.7. The van der Waals surface area contributed by atoms with Crippen molar-refractivity contribution in [2.45, 2.75) is 95.7 Å². The van der Waals surface area contributed by atoms with E-state index in [9.17, 15) is 15.0 Å². The van der Waals surface area contributed by atoms with Crippen LogP contribution in [0.3, 0.4) is 0 Å². The second-order valence-corrected chi connectivity index (χ2v) is 16.7. The van der Waals surface area contributed by atoms with Crippen LogP contribution in [0, 0.1) is 23.9 Å². The average Bonchev–Trinajstić information content (AvgIpc) is 3.24. The van der Waals surface area contributed by atoms with Crippen LogP contribution < -0.4 is 20.5 Å². The van der Waals surface area contributed by atoms with Crippen LogP contribution in [0.4, 0.5) is 5.69 Å². The molecular formula is C51H55N3O6. The maximum absolute atomic E-state index is 13.8. The van der Waals surface area contributed by atoms with E-state index < -0.39 is 6.10 Å². The van der Waals surface area contributed by atoms with Crippen molar-refractivity contribution in [1.29, 1.82) is 0 Å². The number of nitrogens with zero attached hydrogens (tertiary/aromatic N) is 1. The predicted octanol–water partition coefficient (Wildman–Crippen LogP) is 9.95. The highest BCUT2D eigenvalue weighted by atomic mass is 16.5. The quantitative estimate of drug-likeness (QED) is 0.0569. The Morgan fingerprint density at radius 1 is 1.00 bits per heavy atom. The maximum atomic E-state index is 13.8. The van der Waals surface area contributed by atoms with Gasteiger partial charge in [0.1, 0.15) is 36.1 Å². The predicted molar refractivity (Wildman–Crippen MR) is 239 cm³/mol. The lowest BCUT2D eigenvalue weighted by Gasteiger charge is -2.30. The number of ether oxygens (including phenoxy) is 3. The average molecular weight is 806 g/mol. The van der Waals surface area contributed by atoms with E-state index in [4.69, 9.17) is 19.9 Å². The summed E-state index contributed by atoms with van der Waals surface area (Å²) in [5.74, 6) is 5.65. The number of hydrogen-bond donors (Lipinski definition) is 4. The molecular weight excluding hydrogens is 751 g/mol. The number of guanidine groups is 1. The Bertz CT molecular complexity index is 2470. The molecule has 2 heterocycles. The number of ketones is 1. The Hall–Kier alpha value is -6.14. The molecule has 5 N–H and O–H groups in total. The van der Waals surface area contributed by atoms with Crippen molar-refractivity contribution >= 4 is 34.3 Å². The minimum atomic E-state index is -0.489. The summed E-state index contributed by atoms with van der Waals surface area (Å²) < 4.78 is 18.7. The molecule has 8 bridgehead atoms. The number of nitrogens with two attached hydrogens (primary N) is 1. The van der Waals surface area contributed by atoms with Crippen molar-refractivity contribution in [2.24, 2.45) is 22.6 Å². The number of aliphatic hydroxyl groups is 1. The number of nitrogens with one attached hydrogen (secondary N) is 1. The van der Waals surface area contributed by atoms with E-state index in [0.717, 1.165) is 82.8 Å². The number of hydrogen-bond acceptors (Lipinski definition) is 7. The molecule has 0 saturated heterocycles. The summed E-state index contributed by atoms with van der Waals surface area (Å²) >= 11 is 0. The van der Waals surface area contributed by atoms with E-state index in [-0.39, 0.29) is 47.4 Å². The number of benzene rings is 4. The largest absolute Gasteiger partial charge is 0.508 e. The number of aryl methyl sites for hydroxylation is 3. The number of anilines is 1. The number of aliphatic imine (C=N–C) groups is 1. The Balaban J connectivity index is 1.06. The molecule has 9 rings (SSSR count). The van der Waals surface area contributed by atoms with Crippen LogP contribution in [0.1, 0.15) is 103 Å². The smallest absolute Gasteiger partial charge is 0.192 e. The number of phenols is 1. The molecule has 9 nitrogen and oxygen atoms in total. The molecule has 9 heteroatoms. The van der Waals surface area contributed by atoms with Crippen LogP contribution in [-0.4, -0.2) is 42.2 Å². The Morgan fingerprint density at radius 3 is 2.73 bits per heavy atom. The number of fused-ring (bicyclic) bond motifs is 7. The third-order valence-corrected chi connectivity index (χ3v) is 12.6. The van der Waals surface area contributed by atoms with Crippen molar-refractivity contribution in [2.75, 3.05) is 19.5 Å². The molecule has 0 amide bonds. The van der Waals surface area contributed by atoms with Gasteiger partial charge in [0.15, 0.2) is 17.5 Å². The van der Waals surface area contributed by atoms with Crippen LogP contribution >= 0.6 is 0 Å². The lowest BCUT2D eigenvalue weighted by molar-refractivity contribution is -0.121. The molecule has 4 aromatic rings. The second kappa shape index (κ2) is 18.0. The first kappa shape index (κ1) is 40.6. The highest BCUT2D eigenvalue weighted by Crippen LogP contribution is 2.49.